The number of benzene rings is 2. The zero-order valence-electron chi connectivity index (χ0n) is 11.9. The van der Waals surface area contributed by atoms with Crippen molar-refractivity contribution in [2.45, 2.75) is 25.4 Å². The average molecular weight is 288 g/mol. The zero-order chi connectivity index (χ0) is 14.8. The van der Waals surface area contributed by atoms with Gasteiger partial charge in [-0.05, 0) is 42.7 Å². The third kappa shape index (κ3) is 3.22. The Hall–Kier alpha value is -1.94. The minimum Gasteiger partial charge on any atom is -0.340 e. The van der Waals surface area contributed by atoms with Crippen LogP contribution in [-0.2, 0) is 6.54 Å². The molecule has 2 aromatic carbocycles. The molecule has 0 amide bonds. The highest BCUT2D eigenvalue weighted by molar-refractivity contribution is 5.63. The van der Waals surface area contributed by atoms with Crippen LogP contribution in [0.25, 0.3) is 0 Å². The van der Waals surface area contributed by atoms with Crippen molar-refractivity contribution in [2.24, 2.45) is 0 Å². The normalized spacial score (nSPS) is 14.2. The monoisotopic (exact) mass is 288 g/mol. The minimum atomic E-state index is -0.533. The molecule has 4 heteroatoms. The molecule has 1 saturated carbocycles. The molecule has 0 unspecified atom stereocenters. The third-order valence-corrected chi connectivity index (χ3v) is 3.73. The van der Waals surface area contributed by atoms with E-state index in [-0.39, 0.29) is 5.69 Å². The summed E-state index contributed by atoms with van der Waals surface area (Å²) >= 11 is 0. The van der Waals surface area contributed by atoms with Gasteiger partial charge < -0.3 is 10.2 Å². The molecule has 1 N–H and O–H groups in total. The second-order valence-electron chi connectivity index (χ2n) is 5.46. The number of nitrogens with zero attached hydrogens (tertiary/aromatic N) is 1. The van der Waals surface area contributed by atoms with E-state index in [9.17, 15) is 8.78 Å². The van der Waals surface area contributed by atoms with E-state index in [1.807, 2.05) is 30.3 Å². The predicted molar refractivity (Wildman–Crippen MR) is 80.7 cm³/mol. The second kappa shape index (κ2) is 5.82. The molecule has 21 heavy (non-hydrogen) atoms. The van der Waals surface area contributed by atoms with Crippen molar-refractivity contribution in [3.63, 3.8) is 0 Å². The highest BCUT2D eigenvalue weighted by Crippen LogP contribution is 2.30. The van der Waals surface area contributed by atoms with Crippen LogP contribution in [-0.4, -0.2) is 13.1 Å². The summed E-state index contributed by atoms with van der Waals surface area (Å²) in [5, 5.41) is 3.26. The lowest BCUT2D eigenvalue weighted by Gasteiger charge is -2.21. The van der Waals surface area contributed by atoms with Gasteiger partial charge in [-0.2, -0.15) is 0 Å². The molecule has 0 radical (unpaired) electrons. The van der Waals surface area contributed by atoms with Gasteiger partial charge >= 0.3 is 0 Å². The Balaban J connectivity index is 1.84. The summed E-state index contributed by atoms with van der Waals surface area (Å²) in [7, 11) is 1.67. The number of halogens is 2. The molecule has 2 nitrogen and oxygen atoms in total. The van der Waals surface area contributed by atoms with Crippen LogP contribution in [0.5, 0.6) is 0 Å². The maximum Gasteiger partial charge on any atom is 0.150 e. The smallest absolute Gasteiger partial charge is 0.150 e. The van der Waals surface area contributed by atoms with Gasteiger partial charge in [-0.1, -0.05) is 18.2 Å². The average Bonchev–Trinajstić information content (AvgIpc) is 3.29. The van der Waals surface area contributed by atoms with Crippen LogP contribution >= 0.6 is 0 Å². The molecule has 1 fully saturated rings. The van der Waals surface area contributed by atoms with E-state index in [1.54, 1.807) is 7.05 Å². The maximum absolute atomic E-state index is 14.3. The number of hydrogen-bond acceptors (Lipinski definition) is 2. The fourth-order valence-electron chi connectivity index (χ4n) is 2.37. The molecule has 0 aromatic heterocycles. The van der Waals surface area contributed by atoms with E-state index >= 15 is 0 Å². The number of hydrogen-bond donors (Lipinski definition) is 1. The van der Waals surface area contributed by atoms with Gasteiger partial charge in [0, 0.05) is 25.3 Å². The minimum absolute atomic E-state index is 0.0172. The Morgan fingerprint density at radius 2 is 1.71 bits per heavy atom. The fraction of sp³-hybridized carbons (Fsp3) is 0.294. The topological polar surface area (TPSA) is 15.3 Å². The third-order valence-electron chi connectivity index (χ3n) is 3.73. The van der Waals surface area contributed by atoms with Gasteiger partial charge in [-0.3, -0.25) is 0 Å². The zero-order valence-corrected chi connectivity index (χ0v) is 11.9. The summed E-state index contributed by atoms with van der Waals surface area (Å²) in [4.78, 5) is 1.53. The molecule has 2 aromatic rings. The van der Waals surface area contributed by atoms with Crippen molar-refractivity contribution in [3.8, 4) is 0 Å². The largest absolute Gasteiger partial charge is 0.340 e. The lowest BCUT2D eigenvalue weighted by Crippen LogP contribution is -2.17. The highest BCUT2D eigenvalue weighted by atomic mass is 19.1. The molecule has 0 atom stereocenters. The Morgan fingerprint density at radius 1 is 1.10 bits per heavy atom. The molecule has 1 aliphatic rings. The molecule has 110 valence electrons. The molecule has 0 heterocycles. The predicted octanol–water partition coefficient (Wildman–Crippen LogP) is 3.98. The fourth-order valence-corrected chi connectivity index (χ4v) is 2.37. The van der Waals surface area contributed by atoms with Crippen LogP contribution < -0.4 is 10.2 Å². The van der Waals surface area contributed by atoms with Gasteiger partial charge in [0.25, 0.3) is 0 Å². The Morgan fingerprint density at radius 3 is 2.29 bits per heavy atom. The summed E-state index contributed by atoms with van der Waals surface area (Å²) < 4.78 is 28.6. The van der Waals surface area contributed by atoms with Crippen molar-refractivity contribution < 1.29 is 8.78 Å². The molecule has 0 saturated heterocycles. The first kappa shape index (κ1) is 14.0. The highest BCUT2D eigenvalue weighted by Gasteiger charge is 2.21. The first-order valence-corrected chi connectivity index (χ1v) is 7.15. The van der Waals surface area contributed by atoms with Crippen molar-refractivity contribution in [1.29, 1.82) is 0 Å². The summed E-state index contributed by atoms with van der Waals surface area (Å²) in [5.41, 5.74) is 1.37. The van der Waals surface area contributed by atoms with Crippen molar-refractivity contribution in [3.05, 3.63) is 59.7 Å². The number of rotatable bonds is 5. The van der Waals surface area contributed by atoms with Crippen LogP contribution in [0.2, 0.25) is 0 Å². The van der Waals surface area contributed by atoms with Crippen molar-refractivity contribution in [2.75, 3.05) is 11.9 Å². The maximum atomic E-state index is 14.3. The van der Waals surface area contributed by atoms with Gasteiger partial charge in [-0.15, -0.1) is 0 Å². The Kier molecular flexibility index (Phi) is 3.88. The Bertz CT molecular complexity index is 601. The van der Waals surface area contributed by atoms with E-state index in [1.165, 1.54) is 17.0 Å². The van der Waals surface area contributed by atoms with Crippen LogP contribution in [0.15, 0.2) is 42.5 Å². The van der Waals surface area contributed by atoms with E-state index in [2.05, 4.69) is 5.32 Å². The van der Waals surface area contributed by atoms with E-state index < -0.39 is 11.6 Å². The number of anilines is 2. The summed E-state index contributed by atoms with van der Waals surface area (Å²) in [6.07, 6.45) is 2.31. The quantitative estimate of drug-likeness (QED) is 0.895. The van der Waals surface area contributed by atoms with Crippen molar-refractivity contribution in [1.82, 2.24) is 5.32 Å². The summed E-state index contributed by atoms with van der Waals surface area (Å²) in [6.45, 7) is 0.508. The van der Waals surface area contributed by atoms with Crippen LogP contribution in [0.1, 0.15) is 18.4 Å². The van der Waals surface area contributed by atoms with E-state index in [0.29, 0.717) is 18.2 Å². The van der Waals surface area contributed by atoms with Crippen molar-refractivity contribution >= 4 is 11.4 Å². The van der Waals surface area contributed by atoms with Gasteiger partial charge in [0.15, 0.2) is 0 Å². The lowest BCUT2D eigenvalue weighted by atomic mass is 10.1. The van der Waals surface area contributed by atoms with Gasteiger partial charge in [0.05, 0.1) is 0 Å². The summed E-state index contributed by atoms with van der Waals surface area (Å²) in [5.74, 6) is -1.07. The van der Waals surface area contributed by atoms with E-state index in [4.69, 9.17) is 0 Å². The SMILES string of the molecule is CN(c1ccccc1)c1c(F)cc(CNC2CC2)cc1F. The van der Waals surface area contributed by atoms with Gasteiger partial charge in [0.1, 0.15) is 17.3 Å². The van der Waals surface area contributed by atoms with Crippen LogP contribution in [0, 0.1) is 11.6 Å². The summed E-state index contributed by atoms with van der Waals surface area (Å²) in [6, 6.07) is 12.5. The first-order chi connectivity index (χ1) is 10.1. The molecule has 0 aliphatic heterocycles. The van der Waals surface area contributed by atoms with Gasteiger partial charge in [-0.25, -0.2) is 8.78 Å². The number of para-hydroxylation sites is 1. The molecular formula is C17H18F2N2. The van der Waals surface area contributed by atoms with Gasteiger partial charge in [0.2, 0.25) is 0 Å². The van der Waals surface area contributed by atoms with Crippen LogP contribution in [0.3, 0.4) is 0 Å². The molecule has 1 aliphatic carbocycles. The standard InChI is InChI=1S/C17H18F2N2/c1-21(14-5-3-2-4-6-14)17-15(18)9-12(10-16(17)19)11-20-13-7-8-13/h2-6,9-10,13,20H,7-8,11H2,1H3. The van der Waals surface area contributed by atoms with E-state index in [0.717, 1.165) is 18.5 Å². The van der Waals surface area contributed by atoms with Crippen LogP contribution in [0.4, 0.5) is 20.2 Å². The molecule has 0 spiro atoms. The first-order valence-electron chi connectivity index (χ1n) is 7.15. The molecular weight excluding hydrogens is 270 g/mol. The second-order valence-corrected chi connectivity index (χ2v) is 5.46. The number of nitrogens with one attached hydrogen (secondary N) is 1. The molecule has 3 rings (SSSR count). The Labute approximate surface area is 123 Å². The lowest BCUT2D eigenvalue weighted by molar-refractivity contribution is 0.575. The molecule has 0 bridgehead atoms.